The number of nitrogens with one attached hydrogen (secondary N) is 1. The van der Waals surface area contributed by atoms with Gasteiger partial charge in [-0.25, -0.2) is 14.4 Å². The highest BCUT2D eigenvalue weighted by atomic mass is 32.2. The molecule has 3 rings (SSSR count). The molecule has 0 saturated carbocycles. The van der Waals surface area contributed by atoms with Crippen LogP contribution >= 0.6 is 11.8 Å². The van der Waals surface area contributed by atoms with Crippen LogP contribution in [0.15, 0.2) is 30.6 Å². The number of hydrogen-bond donors (Lipinski definition) is 1. The standard InChI is InChI=1S/C17H22FN5S/c1-22(2)15-4-3-13(9-14(15)18)11-19-16-10-17(21-12-20-16)23-5-7-24-8-6-23/h3-4,9-10,12H,5-8,11H2,1-2H3,(H,19,20,21). The molecule has 0 unspecified atom stereocenters. The number of halogens is 1. The van der Waals surface area contributed by atoms with Crippen LogP contribution in [0.25, 0.3) is 0 Å². The average molecular weight is 347 g/mol. The number of hydrogen-bond acceptors (Lipinski definition) is 6. The maximum atomic E-state index is 14.0. The molecule has 1 saturated heterocycles. The van der Waals surface area contributed by atoms with Crippen LogP contribution in [0.3, 0.4) is 0 Å². The van der Waals surface area contributed by atoms with Crippen LogP contribution in [0.4, 0.5) is 21.7 Å². The minimum Gasteiger partial charge on any atom is -0.375 e. The van der Waals surface area contributed by atoms with E-state index in [9.17, 15) is 4.39 Å². The molecule has 1 aliphatic heterocycles. The monoisotopic (exact) mass is 347 g/mol. The first kappa shape index (κ1) is 16.8. The molecule has 24 heavy (non-hydrogen) atoms. The second-order valence-electron chi connectivity index (χ2n) is 5.89. The molecule has 7 heteroatoms. The van der Waals surface area contributed by atoms with Gasteiger partial charge in [-0.2, -0.15) is 11.8 Å². The molecule has 2 heterocycles. The van der Waals surface area contributed by atoms with Crippen molar-refractivity contribution in [3.05, 3.63) is 42.0 Å². The quantitative estimate of drug-likeness (QED) is 0.897. The summed E-state index contributed by atoms with van der Waals surface area (Å²) >= 11 is 1.97. The van der Waals surface area contributed by atoms with E-state index in [-0.39, 0.29) is 5.82 Å². The van der Waals surface area contributed by atoms with E-state index in [1.54, 1.807) is 23.4 Å². The van der Waals surface area contributed by atoms with Gasteiger partial charge in [0.1, 0.15) is 23.8 Å². The van der Waals surface area contributed by atoms with E-state index in [0.717, 1.165) is 41.8 Å². The van der Waals surface area contributed by atoms with Gasteiger partial charge < -0.3 is 15.1 Å². The lowest BCUT2D eigenvalue weighted by Gasteiger charge is -2.27. The van der Waals surface area contributed by atoms with Gasteiger partial charge >= 0.3 is 0 Å². The van der Waals surface area contributed by atoms with Gasteiger partial charge in [-0.15, -0.1) is 0 Å². The molecule has 5 nitrogen and oxygen atoms in total. The predicted molar refractivity (Wildman–Crippen MR) is 99.6 cm³/mol. The Morgan fingerprint density at radius 3 is 2.71 bits per heavy atom. The van der Waals surface area contributed by atoms with E-state index >= 15 is 0 Å². The zero-order chi connectivity index (χ0) is 16.9. The minimum absolute atomic E-state index is 0.214. The van der Waals surface area contributed by atoms with Gasteiger partial charge in [-0.3, -0.25) is 0 Å². The Hall–Kier alpha value is -2.02. The van der Waals surface area contributed by atoms with Gasteiger partial charge in [-0.05, 0) is 17.7 Å². The Morgan fingerprint density at radius 2 is 2.00 bits per heavy atom. The topological polar surface area (TPSA) is 44.3 Å². The summed E-state index contributed by atoms with van der Waals surface area (Å²) in [4.78, 5) is 12.7. The first-order valence-electron chi connectivity index (χ1n) is 7.98. The number of rotatable bonds is 5. The minimum atomic E-state index is -0.214. The van der Waals surface area contributed by atoms with Crippen molar-refractivity contribution in [3.8, 4) is 0 Å². The third-order valence-electron chi connectivity index (χ3n) is 3.96. The Kier molecular flexibility index (Phi) is 5.40. The summed E-state index contributed by atoms with van der Waals surface area (Å²) in [5.74, 6) is 3.75. The molecule has 1 aromatic heterocycles. The molecule has 0 atom stereocenters. The van der Waals surface area contributed by atoms with E-state index in [4.69, 9.17) is 0 Å². The van der Waals surface area contributed by atoms with Gasteiger partial charge in [0.25, 0.3) is 0 Å². The van der Waals surface area contributed by atoms with Crippen molar-refractivity contribution in [3.63, 3.8) is 0 Å². The van der Waals surface area contributed by atoms with Crippen LogP contribution < -0.4 is 15.1 Å². The Bertz CT molecular complexity index is 688. The Balaban J connectivity index is 1.65. The Labute approximate surface area is 146 Å². The van der Waals surface area contributed by atoms with E-state index in [1.165, 1.54) is 0 Å². The molecule has 128 valence electrons. The summed E-state index contributed by atoms with van der Waals surface area (Å²) in [7, 11) is 3.66. The van der Waals surface area contributed by atoms with Crippen molar-refractivity contribution < 1.29 is 4.39 Å². The molecule has 0 spiro atoms. The van der Waals surface area contributed by atoms with Crippen molar-refractivity contribution >= 4 is 29.1 Å². The lowest BCUT2D eigenvalue weighted by molar-refractivity contribution is 0.624. The third kappa shape index (κ3) is 4.08. The summed E-state index contributed by atoms with van der Waals surface area (Å²) in [5.41, 5.74) is 1.47. The fourth-order valence-electron chi connectivity index (χ4n) is 2.62. The maximum Gasteiger partial charge on any atom is 0.146 e. The van der Waals surface area contributed by atoms with Gasteiger partial charge in [0.05, 0.1) is 5.69 Å². The highest BCUT2D eigenvalue weighted by molar-refractivity contribution is 7.99. The number of thioether (sulfide) groups is 1. The molecule has 0 aliphatic carbocycles. The molecule has 1 aromatic carbocycles. The van der Waals surface area contributed by atoms with Gasteiger partial charge in [-0.1, -0.05) is 6.07 Å². The maximum absolute atomic E-state index is 14.0. The van der Waals surface area contributed by atoms with E-state index in [2.05, 4.69) is 20.2 Å². The van der Waals surface area contributed by atoms with Gasteiger partial charge in [0.15, 0.2) is 0 Å². The van der Waals surface area contributed by atoms with E-state index < -0.39 is 0 Å². The number of anilines is 3. The number of benzene rings is 1. The molecule has 0 radical (unpaired) electrons. The number of nitrogens with zero attached hydrogens (tertiary/aromatic N) is 4. The van der Waals surface area contributed by atoms with Crippen LogP contribution in [-0.2, 0) is 6.54 Å². The summed E-state index contributed by atoms with van der Waals surface area (Å²) in [6, 6.07) is 7.24. The molecule has 2 aromatic rings. The van der Waals surface area contributed by atoms with Crippen molar-refractivity contribution in [2.45, 2.75) is 6.54 Å². The lowest BCUT2D eigenvalue weighted by atomic mass is 10.2. The van der Waals surface area contributed by atoms with Crippen LogP contribution in [0.1, 0.15) is 5.56 Å². The predicted octanol–water partition coefficient (Wildman–Crippen LogP) is 2.85. The van der Waals surface area contributed by atoms with Crippen LogP contribution in [0, 0.1) is 5.82 Å². The number of aromatic nitrogens is 2. The highest BCUT2D eigenvalue weighted by Gasteiger charge is 2.13. The van der Waals surface area contributed by atoms with Crippen LogP contribution in [0.2, 0.25) is 0 Å². The highest BCUT2D eigenvalue weighted by Crippen LogP contribution is 2.21. The summed E-state index contributed by atoms with van der Waals surface area (Å²) in [5, 5.41) is 3.25. The molecule has 1 N–H and O–H groups in total. The van der Waals surface area contributed by atoms with Crippen molar-refractivity contribution in [2.75, 3.05) is 53.8 Å². The first-order chi connectivity index (χ1) is 11.6. The van der Waals surface area contributed by atoms with E-state index in [0.29, 0.717) is 12.2 Å². The Morgan fingerprint density at radius 1 is 1.21 bits per heavy atom. The zero-order valence-corrected chi connectivity index (χ0v) is 14.8. The molecular formula is C17H22FN5S. The van der Waals surface area contributed by atoms with E-state index in [1.807, 2.05) is 38.0 Å². The van der Waals surface area contributed by atoms with Crippen molar-refractivity contribution in [1.82, 2.24) is 9.97 Å². The molecule has 0 amide bonds. The van der Waals surface area contributed by atoms with Crippen LogP contribution in [-0.4, -0.2) is 48.7 Å². The fourth-order valence-corrected chi connectivity index (χ4v) is 3.53. The largest absolute Gasteiger partial charge is 0.375 e. The molecule has 1 aliphatic rings. The zero-order valence-electron chi connectivity index (χ0n) is 14.0. The average Bonchev–Trinajstić information content (AvgIpc) is 2.61. The second-order valence-corrected chi connectivity index (χ2v) is 7.12. The second kappa shape index (κ2) is 7.70. The summed E-state index contributed by atoms with van der Waals surface area (Å²) in [6.45, 7) is 2.55. The molecule has 0 bridgehead atoms. The van der Waals surface area contributed by atoms with Gasteiger partial charge in [0.2, 0.25) is 0 Å². The van der Waals surface area contributed by atoms with Crippen LogP contribution in [0.5, 0.6) is 0 Å². The summed E-state index contributed by atoms with van der Waals surface area (Å²) < 4.78 is 14.0. The summed E-state index contributed by atoms with van der Waals surface area (Å²) in [6.07, 6.45) is 1.58. The van der Waals surface area contributed by atoms with Crippen molar-refractivity contribution in [2.24, 2.45) is 0 Å². The normalized spacial score (nSPS) is 14.5. The van der Waals surface area contributed by atoms with Gasteiger partial charge in [0, 0.05) is 51.3 Å². The smallest absolute Gasteiger partial charge is 0.146 e. The molecule has 1 fully saturated rings. The van der Waals surface area contributed by atoms with Crippen molar-refractivity contribution in [1.29, 1.82) is 0 Å². The fraction of sp³-hybridized carbons (Fsp3) is 0.412. The molecular weight excluding hydrogens is 325 g/mol. The first-order valence-corrected chi connectivity index (χ1v) is 9.13. The lowest BCUT2D eigenvalue weighted by Crippen LogP contribution is -2.33. The third-order valence-corrected chi connectivity index (χ3v) is 4.90. The SMILES string of the molecule is CN(C)c1ccc(CNc2cc(N3CCSCC3)ncn2)cc1F.